The SMILES string of the molecule is CC(=O)NC(C)c1ccnn1C. The van der Waals surface area contributed by atoms with Crippen molar-refractivity contribution in [2.24, 2.45) is 7.05 Å². The van der Waals surface area contributed by atoms with Gasteiger partial charge in [0, 0.05) is 20.2 Å². The molecule has 1 rings (SSSR count). The van der Waals surface area contributed by atoms with Crippen LogP contribution in [-0.2, 0) is 11.8 Å². The van der Waals surface area contributed by atoms with Crippen LogP contribution in [0.15, 0.2) is 12.3 Å². The molecule has 0 aliphatic heterocycles. The van der Waals surface area contributed by atoms with Crippen molar-refractivity contribution in [2.75, 3.05) is 0 Å². The third-order valence-corrected chi connectivity index (χ3v) is 1.72. The first-order valence-corrected chi connectivity index (χ1v) is 3.86. The van der Waals surface area contributed by atoms with Crippen LogP contribution in [0.1, 0.15) is 25.6 Å². The lowest BCUT2D eigenvalue weighted by atomic mass is 10.2. The Bertz CT molecular complexity index is 280. The van der Waals surface area contributed by atoms with Crippen molar-refractivity contribution in [3.8, 4) is 0 Å². The second kappa shape index (κ2) is 3.38. The van der Waals surface area contributed by atoms with Gasteiger partial charge in [-0.2, -0.15) is 5.10 Å². The predicted molar refractivity (Wildman–Crippen MR) is 45.4 cm³/mol. The molecule has 0 aliphatic carbocycles. The maximum absolute atomic E-state index is 10.7. The third kappa shape index (κ3) is 1.84. The van der Waals surface area contributed by atoms with Gasteiger partial charge in [0.25, 0.3) is 0 Å². The molecule has 0 spiro atoms. The van der Waals surface area contributed by atoms with Gasteiger partial charge in [-0.1, -0.05) is 0 Å². The smallest absolute Gasteiger partial charge is 0.217 e. The number of hydrogen-bond donors (Lipinski definition) is 1. The molecule has 0 aromatic carbocycles. The number of rotatable bonds is 2. The maximum atomic E-state index is 10.7. The Kier molecular flexibility index (Phi) is 2.47. The normalized spacial score (nSPS) is 12.6. The van der Waals surface area contributed by atoms with Gasteiger partial charge in [0.1, 0.15) is 0 Å². The Balaban J connectivity index is 2.71. The van der Waals surface area contributed by atoms with E-state index in [2.05, 4.69) is 10.4 Å². The summed E-state index contributed by atoms with van der Waals surface area (Å²) < 4.78 is 1.75. The average Bonchev–Trinajstić information content (AvgIpc) is 2.33. The Hall–Kier alpha value is -1.32. The second-order valence-electron chi connectivity index (χ2n) is 2.80. The van der Waals surface area contributed by atoms with E-state index in [1.807, 2.05) is 20.0 Å². The van der Waals surface area contributed by atoms with Gasteiger partial charge in [-0.25, -0.2) is 0 Å². The minimum absolute atomic E-state index is 0.0231. The van der Waals surface area contributed by atoms with Gasteiger partial charge < -0.3 is 5.32 Å². The molecular weight excluding hydrogens is 154 g/mol. The van der Waals surface area contributed by atoms with E-state index in [0.717, 1.165) is 5.69 Å². The van der Waals surface area contributed by atoms with Crippen molar-refractivity contribution in [2.45, 2.75) is 19.9 Å². The molecule has 1 aromatic heterocycles. The predicted octanol–water partition coefficient (Wildman–Crippen LogP) is 0.617. The molecule has 1 heterocycles. The van der Waals surface area contributed by atoms with E-state index < -0.39 is 0 Å². The number of carbonyl (C=O) groups is 1. The second-order valence-corrected chi connectivity index (χ2v) is 2.80. The monoisotopic (exact) mass is 167 g/mol. The van der Waals surface area contributed by atoms with Crippen LogP contribution in [-0.4, -0.2) is 15.7 Å². The summed E-state index contributed by atoms with van der Waals surface area (Å²) in [5, 5.41) is 6.80. The molecule has 0 bridgehead atoms. The Morgan fingerprint density at radius 1 is 1.75 bits per heavy atom. The van der Waals surface area contributed by atoms with Crippen LogP contribution >= 0.6 is 0 Å². The minimum Gasteiger partial charge on any atom is -0.348 e. The highest BCUT2D eigenvalue weighted by Crippen LogP contribution is 2.09. The lowest BCUT2D eigenvalue weighted by molar-refractivity contribution is -0.119. The van der Waals surface area contributed by atoms with Crippen LogP contribution in [0, 0.1) is 0 Å². The van der Waals surface area contributed by atoms with Gasteiger partial charge in [-0.05, 0) is 13.0 Å². The zero-order valence-electron chi connectivity index (χ0n) is 7.53. The maximum Gasteiger partial charge on any atom is 0.217 e. The number of amides is 1. The van der Waals surface area contributed by atoms with Crippen molar-refractivity contribution in [1.82, 2.24) is 15.1 Å². The van der Waals surface area contributed by atoms with E-state index in [-0.39, 0.29) is 11.9 Å². The fourth-order valence-electron chi connectivity index (χ4n) is 1.19. The number of aromatic nitrogens is 2. The van der Waals surface area contributed by atoms with Crippen molar-refractivity contribution in [3.05, 3.63) is 18.0 Å². The van der Waals surface area contributed by atoms with E-state index in [1.165, 1.54) is 6.92 Å². The van der Waals surface area contributed by atoms with Gasteiger partial charge in [0.05, 0.1) is 11.7 Å². The Morgan fingerprint density at radius 2 is 2.42 bits per heavy atom. The summed E-state index contributed by atoms with van der Waals surface area (Å²) in [6, 6.07) is 1.91. The van der Waals surface area contributed by atoms with Crippen LogP contribution in [0.3, 0.4) is 0 Å². The van der Waals surface area contributed by atoms with Crippen molar-refractivity contribution in [1.29, 1.82) is 0 Å². The lowest BCUT2D eigenvalue weighted by Gasteiger charge is -2.11. The molecule has 1 atom stereocenters. The lowest BCUT2D eigenvalue weighted by Crippen LogP contribution is -2.25. The van der Waals surface area contributed by atoms with Crippen LogP contribution in [0.25, 0.3) is 0 Å². The molecule has 12 heavy (non-hydrogen) atoms. The topological polar surface area (TPSA) is 46.9 Å². The number of carbonyl (C=O) groups excluding carboxylic acids is 1. The minimum atomic E-state index is -0.0244. The highest BCUT2D eigenvalue weighted by molar-refractivity contribution is 5.73. The standard InChI is InChI=1S/C8H13N3O/c1-6(10-7(2)12)8-4-5-9-11(8)3/h4-6H,1-3H3,(H,10,12). The highest BCUT2D eigenvalue weighted by Gasteiger charge is 2.08. The van der Waals surface area contributed by atoms with E-state index in [0.29, 0.717) is 0 Å². The summed E-state index contributed by atoms with van der Waals surface area (Å²) in [5.41, 5.74) is 1.00. The van der Waals surface area contributed by atoms with Crippen molar-refractivity contribution < 1.29 is 4.79 Å². The van der Waals surface area contributed by atoms with Gasteiger partial charge >= 0.3 is 0 Å². The summed E-state index contributed by atoms with van der Waals surface area (Å²) in [4.78, 5) is 10.7. The number of hydrogen-bond acceptors (Lipinski definition) is 2. The Morgan fingerprint density at radius 3 is 2.83 bits per heavy atom. The molecule has 4 nitrogen and oxygen atoms in total. The fourth-order valence-corrected chi connectivity index (χ4v) is 1.19. The molecule has 1 aromatic rings. The van der Waals surface area contributed by atoms with Crippen LogP contribution in [0.2, 0.25) is 0 Å². The molecule has 0 saturated heterocycles. The number of nitrogens with one attached hydrogen (secondary N) is 1. The van der Waals surface area contributed by atoms with Gasteiger partial charge in [-0.3, -0.25) is 9.48 Å². The zero-order valence-corrected chi connectivity index (χ0v) is 7.53. The third-order valence-electron chi connectivity index (χ3n) is 1.72. The van der Waals surface area contributed by atoms with E-state index in [4.69, 9.17) is 0 Å². The summed E-state index contributed by atoms with van der Waals surface area (Å²) in [6.07, 6.45) is 1.72. The summed E-state index contributed by atoms with van der Waals surface area (Å²) in [5.74, 6) is -0.0244. The Labute approximate surface area is 71.6 Å². The first kappa shape index (κ1) is 8.77. The van der Waals surface area contributed by atoms with Crippen molar-refractivity contribution >= 4 is 5.91 Å². The molecule has 0 fully saturated rings. The summed E-state index contributed by atoms with van der Waals surface area (Å²) >= 11 is 0. The van der Waals surface area contributed by atoms with Crippen molar-refractivity contribution in [3.63, 3.8) is 0 Å². The van der Waals surface area contributed by atoms with Crippen LogP contribution in [0.5, 0.6) is 0 Å². The molecule has 1 N–H and O–H groups in total. The summed E-state index contributed by atoms with van der Waals surface area (Å²) in [6.45, 7) is 3.44. The fraction of sp³-hybridized carbons (Fsp3) is 0.500. The van der Waals surface area contributed by atoms with E-state index in [1.54, 1.807) is 10.9 Å². The molecular formula is C8H13N3O. The molecule has 0 saturated carbocycles. The zero-order chi connectivity index (χ0) is 9.14. The number of aryl methyl sites for hydroxylation is 1. The molecule has 66 valence electrons. The van der Waals surface area contributed by atoms with Gasteiger partial charge in [0.2, 0.25) is 5.91 Å². The van der Waals surface area contributed by atoms with Gasteiger partial charge in [-0.15, -0.1) is 0 Å². The molecule has 4 heteroatoms. The molecule has 0 radical (unpaired) electrons. The van der Waals surface area contributed by atoms with E-state index in [9.17, 15) is 4.79 Å². The van der Waals surface area contributed by atoms with Crippen LogP contribution < -0.4 is 5.32 Å². The highest BCUT2D eigenvalue weighted by atomic mass is 16.1. The first-order valence-electron chi connectivity index (χ1n) is 3.86. The largest absolute Gasteiger partial charge is 0.348 e. The van der Waals surface area contributed by atoms with Gasteiger partial charge in [0.15, 0.2) is 0 Å². The molecule has 1 amide bonds. The summed E-state index contributed by atoms with van der Waals surface area (Å²) in [7, 11) is 1.85. The average molecular weight is 167 g/mol. The quantitative estimate of drug-likeness (QED) is 0.701. The van der Waals surface area contributed by atoms with E-state index >= 15 is 0 Å². The van der Waals surface area contributed by atoms with Crippen LogP contribution in [0.4, 0.5) is 0 Å². The molecule has 0 aliphatic rings. The molecule has 1 unspecified atom stereocenters. The first-order chi connectivity index (χ1) is 5.61. The number of nitrogens with zero attached hydrogens (tertiary/aromatic N) is 2.